The number of carbonyl (C=O) groups is 2. The predicted octanol–water partition coefficient (Wildman–Crippen LogP) is 2.21. The molecule has 0 radical (unpaired) electrons. The van der Waals surface area contributed by atoms with Crippen molar-refractivity contribution in [3.05, 3.63) is 29.3 Å². The van der Waals surface area contributed by atoms with Gasteiger partial charge in [-0.1, -0.05) is 19.1 Å². The summed E-state index contributed by atoms with van der Waals surface area (Å²) < 4.78 is 0. The zero-order valence-corrected chi connectivity index (χ0v) is 12.5. The van der Waals surface area contributed by atoms with Gasteiger partial charge in [0.25, 0.3) is 0 Å². The van der Waals surface area contributed by atoms with Crippen LogP contribution >= 0.6 is 0 Å². The zero-order valence-electron chi connectivity index (χ0n) is 12.5. The van der Waals surface area contributed by atoms with E-state index < -0.39 is 0 Å². The summed E-state index contributed by atoms with van der Waals surface area (Å²) >= 11 is 0. The summed E-state index contributed by atoms with van der Waals surface area (Å²) in [5.74, 6) is -0.165. The first-order chi connectivity index (χ1) is 10.2. The Bertz CT molecular complexity index is 514. The van der Waals surface area contributed by atoms with E-state index in [2.05, 4.69) is 22.0 Å². The van der Waals surface area contributed by atoms with E-state index in [1.807, 2.05) is 19.1 Å². The topological polar surface area (TPSA) is 70.2 Å². The minimum Gasteiger partial charge on any atom is -0.355 e. The van der Waals surface area contributed by atoms with E-state index in [9.17, 15) is 9.59 Å². The number of aryl methyl sites for hydroxylation is 1. The maximum atomic E-state index is 11.9. The average molecular weight is 289 g/mol. The number of fused-ring (bicyclic) bond motifs is 1. The van der Waals surface area contributed by atoms with E-state index in [0.29, 0.717) is 6.54 Å². The van der Waals surface area contributed by atoms with E-state index in [0.717, 1.165) is 31.4 Å². The van der Waals surface area contributed by atoms with Crippen LogP contribution in [0.1, 0.15) is 37.3 Å². The molecule has 0 fully saturated rings. The normalized spacial score (nSPS) is 13.2. The van der Waals surface area contributed by atoms with Crippen LogP contribution in [0.25, 0.3) is 0 Å². The molecule has 0 saturated carbocycles. The Hall–Kier alpha value is -2.04. The third-order valence-electron chi connectivity index (χ3n) is 3.63. The maximum absolute atomic E-state index is 11.9. The molecule has 1 aliphatic carbocycles. The molecule has 0 saturated heterocycles. The number of carbonyl (C=O) groups excluding carboxylic acids is 2. The number of amides is 3. The van der Waals surface area contributed by atoms with Crippen molar-refractivity contribution in [3.63, 3.8) is 0 Å². The summed E-state index contributed by atoms with van der Waals surface area (Å²) in [6, 6.07) is 5.67. The molecular weight excluding hydrogens is 266 g/mol. The van der Waals surface area contributed by atoms with Gasteiger partial charge in [-0.15, -0.1) is 0 Å². The lowest BCUT2D eigenvalue weighted by Crippen LogP contribution is -2.39. The molecule has 3 amide bonds. The van der Waals surface area contributed by atoms with Gasteiger partial charge in [0.05, 0.1) is 6.54 Å². The standard InChI is InChI=1S/C16H23N3O2/c1-2-10-17-15(20)11-18-16(21)19-14-9-5-7-12-6-3-4-8-13(12)14/h5,7,9H,2-4,6,8,10-11H2,1H3,(H,17,20)(H2,18,19,21). The Morgan fingerprint density at radius 2 is 1.95 bits per heavy atom. The molecule has 0 spiro atoms. The first kappa shape index (κ1) is 15.4. The van der Waals surface area contributed by atoms with Gasteiger partial charge >= 0.3 is 6.03 Å². The monoisotopic (exact) mass is 289 g/mol. The molecule has 0 aromatic heterocycles. The van der Waals surface area contributed by atoms with Crippen molar-refractivity contribution in [2.45, 2.75) is 39.0 Å². The largest absolute Gasteiger partial charge is 0.355 e. The Morgan fingerprint density at radius 1 is 1.14 bits per heavy atom. The number of anilines is 1. The molecule has 1 aromatic carbocycles. The van der Waals surface area contributed by atoms with Gasteiger partial charge in [0, 0.05) is 12.2 Å². The lowest BCUT2D eigenvalue weighted by atomic mass is 9.90. The lowest BCUT2D eigenvalue weighted by molar-refractivity contribution is -0.120. The number of rotatable bonds is 5. The Balaban J connectivity index is 1.87. The molecule has 5 nitrogen and oxygen atoms in total. The number of nitrogens with one attached hydrogen (secondary N) is 3. The molecule has 114 valence electrons. The van der Waals surface area contributed by atoms with Gasteiger partial charge in [-0.05, 0) is 49.3 Å². The smallest absolute Gasteiger partial charge is 0.319 e. The highest BCUT2D eigenvalue weighted by atomic mass is 16.2. The second kappa shape index (κ2) is 7.67. The molecule has 2 rings (SSSR count). The van der Waals surface area contributed by atoms with Gasteiger partial charge in [0.2, 0.25) is 5.91 Å². The molecule has 5 heteroatoms. The van der Waals surface area contributed by atoms with Crippen molar-refractivity contribution >= 4 is 17.6 Å². The molecule has 0 heterocycles. The third kappa shape index (κ3) is 4.48. The second-order valence-corrected chi connectivity index (χ2v) is 5.31. The molecule has 0 atom stereocenters. The lowest BCUT2D eigenvalue weighted by Gasteiger charge is -2.19. The van der Waals surface area contributed by atoms with Crippen molar-refractivity contribution in [2.75, 3.05) is 18.4 Å². The van der Waals surface area contributed by atoms with Crippen molar-refractivity contribution in [1.82, 2.24) is 10.6 Å². The first-order valence-electron chi connectivity index (χ1n) is 7.63. The van der Waals surface area contributed by atoms with Gasteiger partial charge in [-0.25, -0.2) is 4.79 Å². The van der Waals surface area contributed by atoms with Crippen molar-refractivity contribution in [1.29, 1.82) is 0 Å². The first-order valence-corrected chi connectivity index (χ1v) is 7.63. The molecular formula is C16H23N3O2. The van der Waals surface area contributed by atoms with E-state index in [1.54, 1.807) is 0 Å². The third-order valence-corrected chi connectivity index (χ3v) is 3.63. The van der Waals surface area contributed by atoms with Crippen molar-refractivity contribution in [3.8, 4) is 0 Å². The van der Waals surface area contributed by atoms with Gasteiger partial charge in [0.1, 0.15) is 0 Å². The predicted molar refractivity (Wildman–Crippen MR) is 83.4 cm³/mol. The maximum Gasteiger partial charge on any atom is 0.319 e. The molecule has 0 bridgehead atoms. The van der Waals surface area contributed by atoms with Crippen molar-refractivity contribution in [2.24, 2.45) is 0 Å². The minimum absolute atomic E-state index is 0.000851. The molecule has 21 heavy (non-hydrogen) atoms. The van der Waals surface area contributed by atoms with Gasteiger partial charge in [-0.3, -0.25) is 4.79 Å². The van der Waals surface area contributed by atoms with Crippen LogP contribution < -0.4 is 16.0 Å². The van der Waals surface area contributed by atoms with Gasteiger partial charge < -0.3 is 16.0 Å². The highest BCUT2D eigenvalue weighted by molar-refractivity contribution is 5.93. The Kier molecular flexibility index (Phi) is 5.60. The summed E-state index contributed by atoms with van der Waals surface area (Å²) in [5.41, 5.74) is 3.41. The fourth-order valence-corrected chi connectivity index (χ4v) is 2.55. The van der Waals surface area contributed by atoms with E-state index in [-0.39, 0.29) is 18.5 Å². The number of urea groups is 1. The fourth-order valence-electron chi connectivity index (χ4n) is 2.55. The summed E-state index contributed by atoms with van der Waals surface area (Å²) in [6.45, 7) is 2.62. The average Bonchev–Trinajstić information content (AvgIpc) is 2.51. The quantitative estimate of drug-likeness (QED) is 0.778. The van der Waals surface area contributed by atoms with Crippen molar-refractivity contribution < 1.29 is 9.59 Å². The Morgan fingerprint density at radius 3 is 2.76 bits per heavy atom. The molecule has 1 aromatic rings. The number of benzene rings is 1. The summed E-state index contributed by atoms with van der Waals surface area (Å²) in [4.78, 5) is 23.3. The number of hydrogen-bond donors (Lipinski definition) is 3. The van der Waals surface area contributed by atoms with E-state index >= 15 is 0 Å². The summed E-state index contributed by atoms with van der Waals surface area (Å²) in [6.07, 6.45) is 5.33. The van der Waals surface area contributed by atoms with Crippen LogP contribution in [0.15, 0.2) is 18.2 Å². The highest BCUT2D eigenvalue weighted by Gasteiger charge is 2.14. The molecule has 3 N–H and O–H groups in total. The zero-order chi connectivity index (χ0) is 15.1. The van der Waals surface area contributed by atoms with Gasteiger partial charge in [0.15, 0.2) is 0 Å². The number of hydrogen-bond acceptors (Lipinski definition) is 2. The molecule has 0 unspecified atom stereocenters. The molecule has 0 aliphatic heterocycles. The van der Waals surface area contributed by atoms with Crippen LogP contribution in [0.3, 0.4) is 0 Å². The SMILES string of the molecule is CCCNC(=O)CNC(=O)Nc1cccc2c1CCCC2. The minimum atomic E-state index is -0.333. The molecule has 1 aliphatic rings. The van der Waals surface area contributed by atoms with Crippen LogP contribution in [0.4, 0.5) is 10.5 Å². The van der Waals surface area contributed by atoms with Crippen LogP contribution in [0.2, 0.25) is 0 Å². The van der Waals surface area contributed by atoms with Crippen LogP contribution in [-0.4, -0.2) is 25.0 Å². The fraction of sp³-hybridized carbons (Fsp3) is 0.500. The van der Waals surface area contributed by atoms with Crippen LogP contribution in [0.5, 0.6) is 0 Å². The summed E-state index contributed by atoms with van der Waals surface area (Å²) in [7, 11) is 0. The van der Waals surface area contributed by atoms with Gasteiger partial charge in [-0.2, -0.15) is 0 Å². The Labute approximate surface area is 125 Å². The van der Waals surface area contributed by atoms with E-state index in [1.165, 1.54) is 17.5 Å². The van der Waals surface area contributed by atoms with Crippen LogP contribution in [0, 0.1) is 0 Å². The van der Waals surface area contributed by atoms with Crippen LogP contribution in [-0.2, 0) is 17.6 Å². The van der Waals surface area contributed by atoms with E-state index in [4.69, 9.17) is 0 Å². The highest BCUT2D eigenvalue weighted by Crippen LogP contribution is 2.27. The summed E-state index contributed by atoms with van der Waals surface area (Å²) in [5, 5.41) is 8.16. The second-order valence-electron chi connectivity index (χ2n) is 5.31.